The number of piperazine rings is 1. The van der Waals surface area contributed by atoms with E-state index in [1.54, 1.807) is 24.3 Å². The van der Waals surface area contributed by atoms with Crippen molar-refractivity contribution in [3.63, 3.8) is 0 Å². The minimum Gasteiger partial charge on any atom is -0.464 e. The predicted octanol–water partition coefficient (Wildman–Crippen LogP) is 3.90. The molecular weight excluding hydrogens is 554 g/mol. The average molecular weight is 590 g/mol. The zero-order valence-corrected chi connectivity index (χ0v) is 24.2. The summed E-state index contributed by atoms with van der Waals surface area (Å²) >= 11 is 6.01. The fraction of sp³-hybridized carbons (Fsp3) is 0.312. The number of primary amides is 1. The van der Waals surface area contributed by atoms with Crippen molar-refractivity contribution in [1.29, 1.82) is 0 Å². The molecule has 0 aliphatic carbocycles. The number of nitrogens with zero attached hydrogens (tertiary/aromatic N) is 3. The first-order valence-electron chi connectivity index (χ1n) is 13.8. The number of carbonyl (C=O) groups is 2. The van der Waals surface area contributed by atoms with Crippen LogP contribution in [0.15, 0.2) is 72.8 Å². The van der Waals surface area contributed by atoms with E-state index in [1.807, 2.05) is 24.3 Å². The Bertz CT molecular complexity index is 1400. The van der Waals surface area contributed by atoms with Crippen molar-refractivity contribution in [3.8, 4) is 23.0 Å². The van der Waals surface area contributed by atoms with Gasteiger partial charge < -0.3 is 15.6 Å². The number of carboxylic acid groups (broad SMARTS) is 1. The van der Waals surface area contributed by atoms with Crippen LogP contribution >= 0.6 is 11.6 Å². The second-order valence-corrected chi connectivity index (χ2v) is 10.6. The molecule has 1 heterocycles. The molecule has 1 fully saturated rings. The van der Waals surface area contributed by atoms with Crippen molar-refractivity contribution in [1.82, 2.24) is 14.8 Å². The lowest BCUT2D eigenvalue weighted by Gasteiger charge is -2.34. The fourth-order valence-corrected chi connectivity index (χ4v) is 4.84. The highest BCUT2D eigenvalue weighted by Gasteiger charge is 2.18. The molecule has 0 spiro atoms. The molecule has 3 aromatic rings. The SMILES string of the molecule is NC(=O)c1ccccc1C#C[C@@H](CCN(N)C(=O)O)OCCN1CCN(Cc2ccc(-c3ccc(Cl)cc3)cc2)CC1. The minimum atomic E-state index is -1.23. The highest BCUT2D eigenvalue weighted by molar-refractivity contribution is 6.30. The van der Waals surface area contributed by atoms with Crippen LogP contribution in [0.25, 0.3) is 11.1 Å². The Morgan fingerprint density at radius 2 is 1.57 bits per heavy atom. The molecule has 1 saturated heterocycles. The first kappa shape index (κ1) is 31.0. The van der Waals surface area contributed by atoms with Gasteiger partial charge in [0.1, 0.15) is 6.10 Å². The predicted molar refractivity (Wildman–Crippen MR) is 164 cm³/mol. The zero-order valence-electron chi connectivity index (χ0n) is 23.4. The smallest absolute Gasteiger partial charge is 0.421 e. The lowest BCUT2D eigenvalue weighted by atomic mass is 10.0. The van der Waals surface area contributed by atoms with E-state index in [4.69, 9.17) is 33.0 Å². The monoisotopic (exact) mass is 589 g/mol. The molecule has 0 saturated carbocycles. The third-order valence-electron chi connectivity index (χ3n) is 7.17. The summed E-state index contributed by atoms with van der Waals surface area (Å²) in [6.07, 6.45) is -1.50. The summed E-state index contributed by atoms with van der Waals surface area (Å²) in [6, 6.07) is 23.3. The zero-order chi connectivity index (χ0) is 29.9. The number of ether oxygens (including phenoxy) is 1. The molecular formula is C32H36ClN5O4. The summed E-state index contributed by atoms with van der Waals surface area (Å²) in [6.45, 7) is 5.86. The standard InChI is InChI=1S/C32H36ClN5O4/c33-28-12-9-26(10-13-28)25-7-5-24(6-8-25)23-37-19-17-36(18-20-37)21-22-42-29(15-16-38(35)32(40)41)14-11-27-3-1-2-4-30(27)31(34)39/h1-10,12-13,29H,15-23,35H2,(H2,34,39)(H,40,41)/t29-/m0/s1. The Hall–Kier alpha value is -3.91. The maximum Gasteiger partial charge on any atom is 0.421 e. The minimum absolute atomic E-state index is 0.0610. The molecule has 0 bridgehead atoms. The van der Waals surface area contributed by atoms with Gasteiger partial charge in [-0.25, -0.2) is 15.6 Å². The Morgan fingerprint density at radius 3 is 2.21 bits per heavy atom. The second kappa shape index (κ2) is 15.4. The van der Waals surface area contributed by atoms with Gasteiger partial charge in [-0.3, -0.25) is 14.6 Å². The van der Waals surface area contributed by atoms with Crippen LogP contribution in [0.5, 0.6) is 0 Å². The van der Waals surface area contributed by atoms with Crippen LogP contribution in [0.3, 0.4) is 0 Å². The van der Waals surface area contributed by atoms with Gasteiger partial charge in [-0.15, -0.1) is 0 Å². The summed E-state index contributed by atoms with van der Waals surface area (Å²) in [4.78, 5) is 27.6. The molecule has 42 heavy (non-hydrogen) atoms. The molecule has 10 heteroatoms. The maximum absolute atomic E-state index is 11.7. The summed E-state index contributed by atoms with van der Waals surface area (Å²) in [5, 5.41) is 10.5. The Morgan fingerprint density at radius 1 is 0.952 bits per heavy atom. The quantitative estimate of drug-likeness (QED) is 0.134. The summed E-state index contributed by atoms with van der Waals surface area (Å²) in [5.41, 5.74) is 9.87. The first-order chi connectivity index (χ1) is 20.3. The van der Waals surface area contributed by atoms with Crippen LogP contribution in [-0.4, -0.2) is 83.9 Å². The van der Waals surface area contributed by atoms with E-state index in [9.17, 15) is 9.59 Å². The van der Waals surface area contributed by atoms with E-state index in [2.05, 4.69) is 45.9 Å². The third-order valence-corrected chi connectivity index (χ3v) is 7.42. The van der Waals surface area contributed by atoms with Crippen molar-refractivity contribution in [2.45, 2.75) is 19.1 Å². The van der Waals surface area contributed by atoms with Gasteiger partial charge in [0.05, 0.1) is 12.2 Å². The van der Waals surface area contributed by atoms with Gasteiger partial charge in [0.25, 0.3) is 0 Å². The lowest BCUT2D eigenvalue weighted by Crippen LogP contribution is -2.47. The number of rotatable bonds is 11. The number of hydrogen-bond acceptors (Lipinski definition) is 6. The fourth-order valence-electron chi connectivity index (χ4n) is 4.71. The van der Waals surface area contributed by atoms with Crippen molar-refractivity contribution in [3.05, 3.63) is 94.5 Å². The van der Waals surface area contributed by atoms with Gasteiger partial charge in [0.2, 0.25) is 5.91 Å². The number of halogens is 1. The molecule has 2 amide bonds. The van der Waals surface area contributed by atoms with Crippen LogP contribution in [0, 0.1) is 11.8 Å². The number of hydrogen-bond donors (Lipinski definition) is 3. The van der Waals surface area contributed by atoms with Gasteiger partial charge in [0.15, 0.2) is 0 Å². The van der Waals surface area contributed by atoms with Crippen molar-refractivity contribution in [2.75, 3.05) is 45.9 Å². The third kappa shape index (κ3) is 9.31. The van der Waals surface area contributed by atoms with Gasteiger partial charge in [-0.2, -0.15) is 0 Å². The van der Waals surface area contributed by atoms with E-state index < -0.39 is 18.1 Å². The van der Waals surface area contributed by atoms with Gasteiger partial charge >= 0.3 is 6.09 Å². The molecule has 9 nitrogen and oxygen atoms in total. The molecule has 5 N–H and O–H groups in total. The summed E-state index contributed by atoms with van der Waals surface area (Å²) < 4.78 is 6.05. The lowest BCUT2D eigenvalue weighted by molar-refractivity contribution is 0.0439. The van der Waals surface area contributed by atoms with E-state index in [1.165, 1.54) is 11.1 Å². The number of nitrogens with two attached hydrogens (primary N) is 2. The molecule has 0 unspecified atom stereocenters. The largest absolute Gasteiger partial charge is 0.464 e. The van der Waals surface area contributed by atoms with Gasteiger partial charge in [0, 0.05) is 62.8 Å². The van der Waals surface area contributed by atoms with E-state index in [-0.39, 0.29) is 6.54 Å². The van der Waals surface area contributed by atoms with Crippen molar-refractivity contribution >= 4 is 23.6 Å². The summed E-state index contributed by atoms with van der Waals surface area (Å²) in [5.74, 6) is 11.0. The molecule has 3 aromatic carbocycles. The number of amides is 2. The Balaban J connectivity index is 1.25. The van der Waals surface area contributed by atoms with Crippen molar-refractivity contribution in [2.24, 2.45) is 11.6 Å². The van der Waals surface area contributed by atoms with Gasteiger partial charge in [-0.1, -0.05) is 72.0 Å². The average Bonchev–Trinajstić information content (AvgIpc) is 2.99. The van der Waals surface area contributed by atoms with Crippen LogP contribution in [0.4, 0.5) is 4.79 Å². The molecule has 220 valence electrons. The summed E-state index contributed by atoms with van der Waals surface area (Å²) in [7, 11) is 0. The number of carbonyl (C=O) groups excluding carboxylic acids is 1. The molecule has 0 aromatic heterocycles. The maximum atomic E-state index is 11.7. The van der Waals surface area contributed by atoms with Crippen molar-refractivity contribution < 1.29 is 19.4 Å². The number of hydrazine groups is 1. The van der Waals surface area contributed by atoms with Crippen LogP contribution in [0.1, 0.15) is 27.9 Å². The van der Waals surface area contributed by atoms with Crippen LogP contribution in [0.2, 0.25) is 5.02 Å². The van der Waals surface area contributed by atoms with E-state index >= 15 is 0 Å². The molecule has 1 aliphatic heterocycles. The number of benzene rings is 3. The molecule has 1 aliphatic rings. The highest BCUT2D eigenvalue weighted by atomic mass is 35.5. The highest BCUT2D eigenvalue weighted by Crippen LogP contribution is 2.22. The molecule has 1 atom stereocenters. The van der Waals surface area contributed by atoms with E-state index in [0.29, 0.717) is 29.2 Å². The van der Waals surface area contributed by atoms with Gasteiger partial charge in [-0.05, 0) is 41.0 Å². The topological polar surface area (TPSA) is 125 Å². The molecule has 4 rings (SSSR count). The first-order valence-corrected chi connectivity index (χ1v) is 14.2. The Kier molecular flexibility index (Phi) is 11.3. The van der Waals surface area contributed by atoms with E-state index in [0.717, 1.165) is 49.9 Å². The molecule has 0 radical (unpaired) electrons. The normalized spacial score (nSPS) is 14.5. The van der Waals surface area contributed by atoms with Crippen LogP contribution in [-0.2, 0) is 11.3 Å². The van der Waals surface area contributed by atoms with Crippen LogP contribution < -0.4 is 11.6 Å². The Labute approximate surface area is 251 Å². The second-order valence-electron chi connectivity index (χ2n) is 10.1.